The Hall–Kier alpha value is -0.980. The second-order valence-corrected chi connectivity index (χ2v) is 2.38. The molecule has 0 heterocycles. The molecule has 0 radical (unpaired) electrons. The molecule has 0 rings (SSSR count). The monoisotopic (exact) mass is 177 g/mol. The molecule has 0 fully saturated rings. The summed E-state index contributed by atoms with van der Waals surface area (Å²) in [6.45, 7) is -0.398. The van der Waals surface area contributed by atoms with Crippen LogP contribution in [-0.2, 0) is 9.59 Å². The second-order valence-electron chi connectivity index (χ2n) is 2.38. The molecule has 0 saturated heterocycles. The van der Waals surface area contributed by atoms with E-state index in [1.54, 1.807) is 0 Å². The Balaban J connectivity index is 4.75. The minimum Gasteiger partial charge on any atom is -0.547 e. The van der Waals surface area contributed by atoms with E-state index in [0.717, 1.165) is 6.92 Å². The van der Waals surface area contributed by atoms with Crippen molar-refractivity contribution in [1.82, 2.24) is 0 Å². The molecule has 0 amide bonds. The number of Topliss-reactive ketones (excluding diaryl/α,β-unsaturated/α-hetero) is 1. The van der Waals surface area contributed by atoms with Gasteiger partial charge in [-0.3, -0.25) is 4.79 Å². The van der Waals surface area contributed by atoms with E-state index in [1.165, 1.54) is 0 Å². The molecule has 0 aromatic heterocycles. The third-order valence-electron chi connectivity index (χ3n) is 1.43. The summed E-state index contributed by atoms with van der Waals surface area (Å²) in [6, 6.07) is 0. The lowest BCUT2D eigenvalue weighted by atomic mass is 9.95. The highest BCUT2D eigenvalue weighted by Gasteiger charge is 2.39. The number of aliphatic carboxylic acids is 1. The van der Waals surface area contributed by atoms with Gasteiger partial charge in [-0.15, -0.1) is 0 Å². The van der Waals surface area contributed by atoms with Gasteiger partial charge in [0.1, 0.15) is 6.10 Å². The summed E-state index contributed by atoms with van der Waals surface area (Å²) in [6.07, 6.45) is -2.17. The van der Waals surface area contributed by atoms with Crippen molar-refractivity contribution in [3.63, 3.8) is 0 Å². The molecule has 70 valence electrons. The van der Waals surface area contributed by atoms with Crippen LogP contribution in [0.5, 0.6) is 0 Å². The maximum atomic E-state index is 10.4. The van der Waals surface area contributed by atoms with Crippen LogP contribution in [0.1, 0.15) is 6.92 Å². The molecule has 0 aliphatic carbocycles. The van der Waals surface area contributed by atoms with Gasteiger partial charge < -0.3 is 25.2 Å². The number of aliphatic hydroxyl groups is 3. The van der Waals surface area contributed by atoms with Crippen molar-refractivity contribution in [3.05, 3.63) is 0 Å². The molecule has 12 heavy (non-hydrogen) atoms. The van der Waals surface area contributed by atoms with Crippen LogP contribution in [0.2, 0.25) is 0 Å². The third kappa shape index (κ3) is 1.79. The van der Waals surface area contributed by atoms with E-state index >= 15 is 0 Å². The Morgan fingerprint density at radius 2 is 2.00 bits per heavy atom. The molecule has 0 saturated carbocycles. The third-order valence-corrected chi connectivity index (χ3v) is 1.43. The number of carboxylic acid groups (broad SMARTS) is 1. The number of hydrogen-bond donors (Lipinski definition) is 3. The van der Waals surface area contributed by atoms with Gasteiger partial charge in [0.2, 0.25) is 0 Å². The zero-order chi connectivity index (χ0) is 9.94. The first-order valence-electron chi connectivity index (χ1n) is 3.09. The average molecular weight is 177 g/mol. The molecule has 0 bridgehead atoms. The highest BCUT2D eigenvalue weighted by molar-refractivity contribution is 5.89. The predicted octanol–water partition coefficient (Wildman–Crippen LogP) is -3.59. The number of carbonyl (C=O) groups excluding carboxylic acids is 2. The van der Waals surface area contributed by atoms with Gasteiger partial charge in [-0.1, -0.05) is 0 Å². The quantitative estimate of drug-likeness (QED) is 0.408. The molecule has 0 aliphatic rings. The molecular weight excluding hydrogens is 168 g/mol. The lowest BCUT2D eigenvalue weighted by molar-refractivity contribution is -0.331. The minimum absolute atomic E-state index is 0.883. The van der Waals surface area contributed by atoms with Crippen LogP contribution in [0.25, 0.3) is 0 Å². The molecule has 0 spiro atoms. The van der Waals surface area contributed by atoms with Crippen molar-refractivity contribution < 1.29 is 30.0 Å². The standard InChI is InChI=1S/C6H10O6/c1-3(8)4(9)6(12,2-7)5(10)11/h4,7,9,12H,2H2,1H3,(H,10,11)/p-1. The Morgan fingerprint density at radius 1 is 1.58 bits per heavy atom. The summed E-state index contributed by atoms with van der Waals surface area (Å²) in [5.74, 6) is -3.05. The highest BCUT2D eigenvalue weighted by atomic mass is 16.4. The maximum absolute atomic E-state index is 10.4. The largest absolute Gasteiger partial charge is 0.547 e. The van der Waals surface area contributed by atoms with Crippen LogP contribution in [0, 0.1) is 0 Å². The number of ketones is 1. The zero-order valence-corrected chi connectivity index (χ0v) is 6.35. The van der Waals surface area contributed by atoms with Crippen molar-refractivity contribution >= 4 is 11.8 Å². The van der Waals surface area contributed by atoms with Crippen LogP contribution in [0.15, 0.2) is 0 Å². The Labute approximate surface area is 68.1 Å². The van der Waals surface area contributed by atoms with Gasteiger partial charge in [0.15, 0.2) is 11.4 Å². The molecule has 0 aromatic rings. The van der Waals surface area contributed by atoms with Crippen LogP contribution >= 0.6 is 0 Å². The van der Waals surface area contributed by atoms with Gasteiger partial charge in [0.25, 0.3) is 0 Å². The van der Waals surface area contributed by atoms with E-state index in [4.69, 9.17) is 15.3 Å². The summed E-state index contributed by atoms with van der Waals surface area (Å²) < 4.78 is 0. The van der Waals surface area contributed by atoms with E-state index in [2.05, 4.69) is 0 Å². The van der Waals surface area contributed by atoms with Crippen molar-refractivity contribution in [2.24, 2.45) is 0 Å². The van der Waals surface area contributed by atoms with E-state index in [9.17, 15) is 14.7 Å². The normalized spacial score (nSPS) is 18.0. The van der Waals surface area contributed by atoms with E-state index in [1.807, 2.05) is 0 Å². The van der Waals surface area contributed by atoms with Crippen molar-refractivity contribution in [2.75, 3.05) is 6.61 Å². The molecular formula is C6H9O6-. The minimum atomic E-state index is -2.91. The second kappa shape index (κ2) is 3.61. The predicted molar refractivity (Wildman–Crippen MR) is 33.7 cm³/mol. The smallest absolute Gasteiger partial charge is 0.161 e. The summed E-state index contributed by atoms with van der Waals surface area (Å²) >= 11 is 0. The number of carboxylic acids is 1. The van der Waals surface area contributed by atoms with E-state index in [0.29, 0.717) is 0 Å². The fourth-order valence-electron chi connectivity index (χ4n) is 0.599. The lowest BCUT2D eigenvalue weighted by Crippen LogP contribution is -2.60. The number of hydrogen-bond acceptors (Lipinski definition) is 6. The SMILES string of the molecule is CC(=O)C(O)C(O)(CO)C(=O)[O-]. The molecule has 2 atom stereocenters. The first-order chi connectivity index (χ1) is 5.36. The fourth-order valence-corrected chi connectivity index (χ4v) is 0.599. The molecule has 0 aromatic carbocycles. The number of carbonyl (C=O) groups is 2. The van der Waals surface area contributed by atoms with Gasteiger partial charge in [-0.2, -0.15) is 0 Å². The first kappa shape index (κ1) is 11.0. The van der Waals surface area contributed by atoms with Crippen LogP contribution in [0.4, 0.5) is 0 Å². The summed E-state index contributed by atoms with van der Waals surface area (Å²) in [4.78, 5) is 20.6. The van der Waals surface area contributed by atoms with Crippen LogP contribution < -0.4 is 5.11 Å². The summed E-state index contributed by atoms with van der Waals surface area (Å²) in [7, 11) is 0. The molecule has 6 heteroatoms. The number of rotatable bonds is 4. The van der Waals surface area contributed by atoms with Crippen molar-refractivity contribution in [1.29, 1.82) is 0 Å². The fraction of sp³-hybridized carbons (Fsp3) is 0.667. The van der Waals surface area contributed by atoms with Crippen molar-refractivity contribution in [3.8, 4) is 0 Å². The molecule has 6 nitrogen and oxygen atoms in total. The lowest BCUT2D eigenvalue weighted by Gasteiger charge is -2.30. The van der Waals surface area contributed by atoms with Crippen LogP contribution in [0.3, 0.4) is 0 Å². The molecule has 3 N–H and O–H groups in total. The average Bonchev–Trinajstić information content (AvgIpc) is 2.01. The zero-order valence-electron chi connectivity index (χ0n) is 6.35. The van der Waals surface area contributed by atoms with Crippen molar-refractivity contribution in [2.45, 2.75) is 18.6 Å². The van der Waals surface area contributed by atoms with Gasteiger partial charge in [-0.05, 0) is 6.92 Å². The van der Waals surface area contributed by atoms with Gasteiger partial charge in [-0.25, -0.2) is 0 Å². The number of aliphatic hydroxyl groups excluding tert-OH is 2. The topological polar surface area (TPSA) is 118 Å². The van der Waals surface area contributed by atoms with E-state index in [-0.39, 0.29) is 0 Å². The van der Waals surface area contributed by atoms with Gasteiger partial charge in [0, 0.05) is 0 Å². The molecule has 0 aliphatic heterocycles. The Bertz CT molecular complexity index is 200. The molecule has 2 unspecified atom stereocenters. The highest BCUT2D eigenvalue weighted by Crippen LogP contribution is 2.09. The maximum Gasteiger partial charge on any atom is 0.161 e. The van der Waals surface area contributed by atoms with E-state index < -0.39 is 30.1 Å². The Kier molecular flexibility index (Phi) is 3.32. The van der Waals surface area contributed by atoms with Crippen LogP contribution in [-0.4, -0.2) is 45.4 Å². The summed E-state index contributed by atoms with van der Waals surface area (Å²) in [5, 5.41) is 36.3. The summed E-state index contributed by atoms with van der Waals surface area (Å²) in [5.41, 5.74) is -2.91. The first-order valence-corrected chi connectivity index (χ1v) is 3.09. The van der Waals surface area contributed by atoms with Gasteiger partial charge >= 0.3 is 0 Å². The Morgan fingerprint density at radius 3 is 2.08 bits per heavy atom. The van der Waals surface area contributed by atoms with Gasteiger partial charge in [0.05, 0.1) is 12.6 Å².